The molecular weight excluding hydrogens is 258 g/mol. The highest BCUT2D eigenvalue weighted by Gasteiger charge is 2.06. The first-order valence-corrected chi connectivity index (χ1v) is 5.32. The van der Waals surface area contributed by atoms with Crippen LogP contribution in [0.15, 0.2) is 22.7 Å². The fourth-order valence-electron chi connectivity index (χ4n) is 1.26. The average Bonchev–Trinajstić information content (AvgIpc) is 2.16. The highest BCUT2D eigenvalue weighted by molar-refractivity contribution is 9.10. The van der Waals surface area contributed by atoms with Crippen LogP contribution in [0.2, 0.25) is 0 Å². The molecule has 0 aliphatic heterocycles. The fourth-order valence-corrected chi connectivity index (χ4v) is 1.79. The zero-order valence-electron chi connectivity index (χ0n) is 8.53. The SMILES string of the molecule is CN(CC(N)=O)c1ccc(CN)c(Br)c1. The Morgan fingerprint density at radius 2 is 2.20 bits per heavy atom. The normalized spacial score (nSPS) is 10.1. The summed E-state index contributed by atoms with van der Waals surface area (Å²) in [6, 6.07) is 5.76. The van der Waals surface area contributed by atoms with Crippen LogP contribution < -0.4 is 16.4 Å². The van der Waals surface area contributed by atoms with E-state index in [1.54, 1.807) is 4.90 Å². The molecule has 0 aromatic heterocycles. The van der Waals surface area contributed by atoms with Gasteiger partial charge in [0.15, 0.2) is 0 Å². The third-order valence-corrected chi connectivity index (χ3v) is 2.83. The third-order valence-electron chi connectivity index (χ3n) is 2.09. The van der Waals surface area contributed by atoms with E-state index in [2.05, 4.69) is 15.9 Å². The van der Waals surface area contributed by atoms with Crippen LogP contribution in [0.25, 0.3) is 0 Å². The van der Waals surface area contributed by atoms with Crippen molar-refractivity contribution in [2.24, 2.45) is 11.5 Å². The number of halogens is 1. The van der Waals surface area contributed by atoms with Crippen molar-refractivity contribution in [3.05, 3.63) is 28.2 Å². The van der Waals surface area contributed by atoms with E-state index in [0.717, 1.165) is 15.7 Å². The van der Waals surface area contributed by atoms with Gasteiger partial charge in [0.1, 0.15) is 0 Å². The molecule has 0 heterocycles. The van der Waals surface area contributed by atoms with E-state index < -0.39 is 0 Å². The van der Waals surface area contributed by atoms with Crippen LogP contribution in [0.4, 0.5) is 5.69 Å². The summed E-state index contributed by atoms with van der Waals surface area (Å²) in [5.74, 6) is -0.350. The van der Waals surface area contributed by atoms with Crippen molar-refractivity contribution < 1.29 is 4.79 Å². The molecule has 0 saturated heterocycles. The number of rotatable bonds is 4. The van der Waals surface area contributed by atoms with E-state index in [0.29, 0.717) is 6.54 Å². The molecule has 0 aliphatic carbocycles. The summed E-state index contributed by atoms with van der Waals surface area (Å²) >= 11 is 3.42. The topological polar surface area (TPSA) is 72.3 Å². The van der Waals surface area contributed by atoms with Gasteiger partial charge in [0, 0.05) is 23.8 Å². The second-order valence-electron chi connectivity index (χ2n) is 3.30. The Hall–Kier alpha value is -1.07. The Morgan fingerprint density at radius 3 is 2.67 bits per heavy atom. The maximum atomic E-state index is 10.7. The third kappa shape index (κ3) is 3.21. The van der Waals surface area contributed by atoms with Crippen LogP contribution in [-0.4, -0.2) is 19.5 Å². The van der Waals surface area contributed by atoms with E-state index in [4.69, 9.17) is 11.5 Å². The Morgan fingerprint density at radius 1 is 1.53 bits per heavy atom. The van der Waals surface area contributed by atoms with E-state index in [1.165, 1.54) is 0 Å². The quantitative estimate of drug-likeness (QED) is 0.852. The zero-order valence-corrected chi connectivity index (χ0v) is 10.1. The van der Waals surface area contributed by atoms with Gasteiger partial charge in [-0.25, -0.2) is 0 Å². The van der Waals surface area contributed by atoms with E-state index in [9.17, 15) is 4.79 Å². The summed E-state index contributed by atoms with van der Waals surface area (Å²) in [7, 11) is 1.81. The lowest BCUT2D eigenvalue weighted by atomic mass is 10.2. The van der Waals surface area contributed by atoms with Crippen LogP contribution in [-0.2, 0) is 11.3 Å². The molecule has 0 bridgehead atoms. The summed E-state index contributed by atoms with van der Waals surface area (Å²) in [5, 5.41) is 0. The number of hydrogen-bond acceptors (Lipinski definition) is 3. The van der Waals surface area contributed by atoms with Gasteiger partial charge in [0.25, 0.3) is 0 Å². The van der Waals surface area contributed by atoms with Gasteiger partial charge in [0.05, 0.1) is 6.54 Å². The number of benzene rings is 1. The molecule has 0 radical (unpaired) electrons. The predicted octanol–water partition coefficient (Wildman–Crippen LogP) is 0.829. The largest absolute Gasteiger partial charge is 0.368 e. The van der Waals surface area contributed by atoms with Crippen molar-refractivity contribution in [1.82, 2.24) is 0 Å². The summed E-state index contributed by atoms with van der Waals surface area (Å²) in [6.07, 6.45) is 0. The Labute approximate surface area is 97.4 Å². The molecule has 0 aliphatic rings. The fraction of sp³-hybridized carbons (Fsp3) is 0.300. The Kier molecular flexibility index (Phi) is 4.11. The molecule has 0 atom stereocenters. The zero-order chi connectivity index (χ0) is 11.4. The lowest BCUT2D eigenvalue weighted by molar-refractivity contribution is -0.116. The van der Waals surface area contributed by atoms with Gasteiger partial charge >= 0.3 is 0 Å². The van der Waals surface area contributed by atoms with Crippen LogP contribution in [0.5, 0.6) is 0 Å². The minimum atomic E-state index is -0.350. The van der Waals surface area contributed by atoms with Gasteiger partial charge in [-0.05, 0) is 17.7 Å². The van der Waals surface area contributed by atoms with Gasteiger partial charge < -0.3 is 16.4 Å². The van der Waals surface area contributed by atoms with Gasteiger partial charge in [0.2, 0.25) is 5.91 Å². The minimum Gasteiger partial charge on any atom is -0.368 e. The number of nitrogens with two attached hydrogens (primary N) is 2. The molecule has 1 aromatic carbocycles. The molecule has 82 valence electrons. The smallest absolute Gasteiger partial charge is 0.236 e. The van der Waals surface area contributed by atoms with Crippen molar-refractivity contribution >= 4 is 27.5 Å². The standard InChI is InChI=1S/C10H14BrN3O/c1-14(6-10(13)15)8-3-2-7(5-12)9(11)4-8/h2-4H,5-6,12H2,1H3,(H2,13,15). The van der Waals surface area contributed by atoms with Gasteiger partial charge in [-0.3, -0.25) is 4.79 Å². The van der Waals surface area contributed by atoms with E-state index in [-0.39, 0.29) is 12.5 Å². The van der Waals surface area contributed by atoms with Crippen molar-refractivity contribution in [3.63, 3.8) is 0 Å². The number of anilines is 1. The van der Waals surface area contributed by atoms with Crippen LogP contribution in [0.3, 0.4) is 0 Å². The maximum Gasteiger partial charge on any atom is 0.236 e. The highest BCUT2D eigenvalue weighted by Crippen LogP contribution is 2.23. The van der Waals surface area contributed by atoms with Gasteiger partial charge in [-0.15, -0.1) is 0 Å². The first kappa shape index (κ1) is 12.0. The van der Waals surface area contributed by atoms with E-state index >= 15 is 0 Å². The second-order valence-corrected chi connectivity index (χ2v) is 4.16. The van der Waals surface area contributed by atoms with Crippen molar-refractivity contribution in [3.8, 4) is 0 Å². The molecule has 0 unspecified atom stereocenters. The Bertz CT molecular complexity index is 368. The molecule has 1 aromatic rings. The Balaban J connectivity index is 2.87. The summed E-state index contributed by atoms with van der Waals surface area (Å²) < 4.78 is 0.943. The lowest BCUT2D eigenvalue weighted by Gasteiger charge is -2.18. The number of carbonyl (C=O) groups excluding carboxylic acids is 1. The van der Waals surface area contributed by atoms with Crippen LogP contribution in [0.1, 0.15) is 5.56 Å². The monoisotopic (exact) mass is 271 g/mol. The molecule has 1 amide bonds. The molecule has 15 heavy (non-hydrogen) atoms. The lowest BCUT2D eigenvalue weighted by Crippen LogP contribution is -2.30. The van der Waals surface area contributed by atoms with Gasteiger partial charge in [-0.2, -0.15) is 0 Å². The molecular formula is C10H14BrN3O. The summed E-state index contributed by atoms with van der Waals surface area (Å²) in [6.45, 7) is 0.689. The number of amides is 1. The first-order chi connectivity index (χ1) is 7.04. The maximum absolute atomic E-state index is 10.7. The number of primary amides is 1. The number of nitrogens with zero attached hydrogens (tertiary/aromatic N) is 1. The van der Waals surface area contributed by atoms with Crippen molar-refractivity contribution in [1.29, 1.82) is 0 Å². The molecule has 0 saturated carbocycles. The first-order valence-electron chi connectivity index (χ1n) is 4.52. The van der Waals surface area contributed by atoms with E-state index in [1.807, 2.05) is 25.2 Å². The molecule has 4 nitrogen and oxygen atoms in total. The predicted molar refractivity (Wildman–Crippen MR) is 64.5 cm³/mol. The average molecular weight is 272 g/mol. The highest BCUT2D eigenvalue weighted by atomic mass is 79.9. The van der Waals surface area contributed by atoms with Crippen molar-refractivity contribution in [2.45, 2.75) is 6.54 Å². The number of likely N-dealkylation sites (N-methyl/N-ethyl adjacent to an activating group) is 1. The minimum absolute atomic E-state index is 0.203. The number of hydrogen-bond donors (Lipinski definition) is 2. The molecule has 5 heteroatoms. The summed E-state index contributed by atoms with van der Waals surface area (Å²) in [5.41, 5.74) is 12.6. The summed E-state index contributed by atoms with van der Waals surface area (Å²) in [4.78, 5) is 12.5. The molecule has 0 fully saturated rings. The molecule has 1 rings (SSSR count). The second kappa shape index (κ2) is 5.14. The number of carbonyl (C=O) groups is 1. The molecule has 4 N–H and O–H groups in total. The van der Waals surface area contributed by atoms with Gasteiger partial charge in [-0.1, -0.05) is 22.0 Å². The van der Waals surface area contributed by atoms with Crippen LogP contribution in [0, 0.1) is 0 Å². The van der Waals surface area contributed by atoms with Crippen LogP contribution >= 0.6 is 15.9 Å². The molecule has 0 spiro atoms. The van der Waals surface area contributed by atoms with Crippen molar-refractivity contribution in [2.75, 3.05) is 18.5 Å².